The third-order valence-corrected chi connectivity index (χ3v) is 3.78. The monoisotopic (exact) mass is 225 g/mol. The van der Waals surface area contributed by atoms with Gasteiger partial charge >= 0.3 is 0 Å². The molecule has 6 heteroatoms. The molecule has 0 bridgehead atoms. The number of nitrogens with one attached hydrogen (secondary N) is 3. The highest BCUT2D eigenvalue weighted by Gasteiger charge is 2.39. The molecule has 2 heterocycles. The highest BCUT2D eigenvalue weighted by atomic mass is 16.3. The summed E-state index contributed by atoms with van der Waals surface area (Å²) in [4.78, 5) is 2.34. The first-order chi connectivity index (χ1) is 7.79. The molecule has 0 amide bonds. The quantitative estimate of drug-likeness (QED) is 0.382. The van der Waals surface area contributed by atoms with Gasteiger partial charge < -0.3 is 26.4 Å². The summed E-state index contributed by atoms with van der Waals surface area (Å²) in [5.74, 6) is 1.64. The first kappa shape index (κ1) is 10.2. The Morgan fingerprint density at radius 3 is 2.94 bits per heavy atom. The first-order valence-corrected chi connectivity index (χ1v) is 5.88. The van der Waals surface area contributed by atoms with Gasteiger partial charge in [-0.3, -0.25) is 5.32 Å². The highest BCUT2D eigenvalue weighted by molar-refractivity contribution is 5.23. The fourth-order valence-corrected chi connectivity index (χ4v) is 2.70. The molecule has 0 saturated heterocycles. The molecule has 2 aliphatic heterocycles. The van der Waals surface area contributed by atoms with Crippen LogP contribution in [0.4, 0.5) is 0 Å². The summed E-state index contributed by atoms with van der Waals surface area (Å²) in [5, 5.41) is 18.8. The molecule has 6 N–H and O–H groups in total. The van der Waals surface area contributed by atoms with Crippen molar-refractivity contribution in [1.29, 1.82) is 0 Å². The second-order valence-electron chi connectivity index (χ2n) is 4.78. The smallest absolute Gasteiger partial charge is 0.127 e. The fourth-order valence-electron chi connectivity index (χ4n) is 2.70. The molecular weight excluding hydrogens is 206 g/mol. The molecule has 1 fully saturated rings. The average molecular weight is 225 g/mol. The van der Waals surface area contributed by atoms with E-state index in [1.807, 2.05) is 0 Å². The van der Waals surface area contributed by atoms with Gasteiger partial charge in [0, 0.05) is 12.6 Å². The molecule has 0 aromatic heterocycles. The minimum atomic E-state index is -0.0880. The predicted octanol–water partition coefficient (Wildman–Crippen LogP) is -1.78. The third-order valence-electron chi connectivity index (χ3n) is 3.78. The van der Waals surface area contributed by atoms with Crippen LogP contribution in [0.2, 0.25) is 0 Å². The summed E-state index contributed by atoms with van der Waals surface area (Å²) >= 11 is 0. The summed E-state index contributed by atoms with van der Waals surface area (Å²) in [6, 6.07) is 0.551. The largest absolute Gasteiger partial charge is 0.396 e. The van der Waals surface area contributed by atoms with Crippen molar-refractivity contribution in [2.24, 2.45) is 11.7 Å². The van der Waals surface area contributed by atoms with Gasteiger partial charge in [-0.25, -0.2) is 0 Å². The SMILES string of the molecule is NC1NCNC2=C1NCN2[C@H]1C[C@@H](CO)C1. The Balaban J connectivity index is 1.70. The predicted molar refractivity (Wildman–Crippen MR) is 59.6 cm³/mol. The number of hydrogen-bond acceptors (Lipinski definition) is 6. The number of nitrogens with two attached hydrogens (primary N) is 1. The molecule has 1 atom stereocenters. The Kier molecular flexibility index (Phi) is 2.42. The molecule has 16 heavy (non-hydrogen) atoms. The molecule has 1 saturated carbocycles. The lowest BCUT2D eigenvalue weighted by Gasteiger charge is -2.42. The lowest BCUT2D eigenvalue weighted by Crippen LogP contribution is -2.53. The van der Waals surface area contributed by atoms with Crippen molar-refractivity contribution in [1.82, 2.24) is 20.9 Å². The summed E-state index contributed by atoms with van der Waals surface area (Å²) in [6.45, 7) is 1.86. The van der Waals surface area contributed by atoms with Crippen molar-refractivity contribution in [3.05, 3.63) is 11.5 Å². The van der Waals surface area contributed by atoms with E-state index in [4.69, 9.17) is 10.8 Å². The van der Waals surface area contributed by atoms with Gasteiger partial charge in [0.15, 0.2) is 0 Å². The van der Waals surface area contributed by atoms with E-state index in [1.54, 1.807) is 0 Å². The lowest BCUT2D eigenvalue weighted by molar-refractivity contribution is 0.0644. The van der Waals surface area contributed by atoms with Gasteiger partial charge in [-0.15, -0.1) is 0 Å². The summed E-state index contributed by atoms with van der Waals surface area (Å²) < 4.78 is 0. The number of aliphatic hydroxyl groups excluding tert-OH is 1. The van der Waals surface area contributed by atoms with Crippen LogP contribution in [-0.4, -0.2) is 42.2 Å². The molecular formula is C10H19N5O. The zero-order valence-corrected chi connectivity index (χ0v) is 9.24. The second kappa shape index (κ2) is 3.80. The Labute approximate surface area is 94.9 Å². The number of hydrogen-bond donors (Lipinski definition) is 5. The van der Waals surface area contributed by atoms with Gasteiger partial charge in [-0.2, -0.15) is 0 Å². The number of rotatable bonds is 2. The molecule has 3 aliphatic rings. The van der Waals surface area contributed by atoms with Gasteiger partial charge in [-0.1, -0.05) is 0 Å². The lowest BCUT2D eigenvalue weighted by atomic mass is 9.80. The van der Waals surface area contributed by atoms with Gasteiger partial charge in [0.05, 0.1) is 19.0 Å². The summed E-state index contributed by atoms with van der Waals surface area (Å²) in [5.41, 5.74) is 7.03. The normalized spacial score (nSPS) is 37.6. The van der Waals surface area contributed by atoms with Crippen LogP contribution in [0.5, 0.6) is 0 Å². The number of nitrogens with zero attached hydrogens (tertiary/aromatic N) is 1. The zero-order chi connectivity index (χ0) is 11.1. The van der Waals surface area contributed by atoms with Crippen LogP contribution < -0.4 is 21.7 Å². The zero-order valence-electron chi connectivity index (χ0n) is 9.24. The molecule has 0 spiro atoms. The maximum atomic E-state index is 9.03. The molecule has 90 valence electrons. The summed E-state index contributed by atoms with van der Waals surface area (Å²) in [6.07, 6.45) is 2.08. The van der Waals surface area contributed by atoms with Crippen molar-refractivity contribution >= 4 is 0 Å². The van der Waals surface area contributed by atoms with Crippen LogP contribution in [0.1, 0.15) is 12.8 Å². The molecule has 0 radical (unpaired) electrons. The molecule has 3 rings (SSSR count). The molecule has 0 aromatic rings. The van der Waals surface area contributed by atoms with Crippen LogP contribution in [0, 0.1) is 5.92 Å². The maximum absolute atomic E-state index is 9.03. The van der Waals surface area contributed by atoms with Crippen LogP contribution in [-0.2, 0) is 0 Å². The molecule has 1 unspecified atom stereocenters. The minimum absolute atomic E-state index is 0.0880. The van der Waals surface area contributed by atoms with E-state index < -0.39 is 0 Å². The molecule has 0 aromatic carbocycles. The molecule has 1 aliphatic carbocycles. The third kappa shape index (κ3) is 1.45. The highest BCUT2D eigenvalue weighted by Crippen LogP contribution is 2.34. The van der Waals surface area contributed by atoms with Crippen molar-refractivity contribution in [2.75, 3.05) is 19.9 Å². The maximum Gasteiger partial charge on any atom is 0.127 e. The molecule has 6 nitrogen and oxygen atoms in total. The van der Waals surface area contributed by atoms with E-state index in [0.717, 1.165) is 31.0 Å². The van der Waals surface area contributed by atoms with E-state index in [-0.39, 0.29) is 6.17 Å². The van der Waals surface area contributed by atoms with E-state index in [9.17, 15) is 0 Å². The van der Waals surface area contributed by atoms with E-state index in [1.165, 1.54) is 0 Å². The fraction of sp³-hybridized carbons (Fsp3) is 0.800. The van der Waals surface area contributed by atoms with Crippen molar-refractivity contribution < 1.29 is 5.11 Å². The van der Waals surface area contributed by atoms with Crippen LogP contribution in [0.15, 0.2) is 11.5 Å². The van der Waals surface area contributed by atoms with E-state index >= 15 is 0 Å². The van der Waals surface area contributed by atoms with E-state index in [0.29, 0.717) is 25.2 Å². The van der Waals surface area contributed by atoms with Gasteiger partial charge in [0.1, 0.15) is 12.0 Å². The van der Waals surface area contributed by atoms with Gasteiger partial charge in [0.2, 0.25) is 0 Å². The standard InChI is InChI=1S/C10H19N5O/c11-9-8-10(13-4-12-9)15(5-14-8)7-1-6(2-7)3-16/h6-7,9,12-14,16H,1-5,11H2/t6-,7+,9?. The van der Waals surface area contributed by atoms with Gasteiger partial charge in [0.25, 0.3) is 0 Å². The first-order valence-electron chi connectivity index (χ1n) is 5.88. The van der Waals surface area contributed by atoms with Crippen LogP contribution in [0.25, 0.3) is 0 Å². The van der Waals surface area contributed by atoms with E-state index in [2.05, 4.69) is 20.9 Å². The Hall–Kier alpha value is -0.980. The summed E-state index contributed by atoms with van der Waals surface area (Å²) in [7, 11) is 0. The Bertz CT molecular complexity index is 312. The Morgan fingerprint density at radius 2 is 2.19 bits per heavy atom. The average Bonchev–Trinajstić information content (AvgIpc) is 2.62. The second-order valence-corrected chi connectivity index (χ2v) is 4.78. The van der Waals surface area contributed by atoms with Crippen molar-refractivity contribution in [2.45, 2.75) is 25.0 Å². The number of aliphatic hydroxyl groups is 1. The van der Waals surface area contributed by atoms with Crippen LogP contribution >= 0.6 is 0 Å². The minimum Gasteiger partial charge on any atom is -0.396 e. The van der Waals surface area contributed by atoms with Crippen LogP contribution in [0.3, 0.4) is 0 Å². The topological polar surface area (TPSA) is 85.6 Å². The van der Waals surface area contributed by atoms with Gasteiger partial charge in [-0.05, 0) is 18.8 Å². The van der Waals surface area contributed by atoms with Crippen molar-refractivity contribution in [3.8, 4) is 0 Å². The Morgan fingerprint density at radius 1 is 1.38 bits per heavy atom. The van der Waals surface area contributed by atoms with Crippen molar-refractivity contribution in [3.63, 3.8) is 0 Å².